The van der Waals surface area contributed by atoms with Crippen LogP contribution in [0.3, 0.4) is 0 Å². The molecule has 0 saturated heterocycles. The minimum absolute atomic E-state index is 0.0167. The zero-order valence-electron chi connectivity index (χ0n) is 19.2. The molecule has 0 aliphatic heterocycles. The molecule has 0 bridgehead atoms. The van der Waals surface area contributed by atoms with Gasteiger partial charge in [0.1, 0.15) is 5.75 Å². The summed E-state index contributed by atoms with van der Waals surface area (Å²) in [5.41, 5.74) is 8.00. The average Bonchev–Trinajstić information content (AvgIpc) is 2.88. The SMILES string of the molecule is CCCCCCOc1ccccc1C(=O)NC(=S)NNC(=O)c1ccc(-c2ccccc2)cc1. The van der Waals surface area contributed by atoms with Gasteiger partial charge in [0.2, 0.25) is 0 Å². The first kappa shape index (κ1) is 24.9. The van der Waals surface area contributed by atoms with Crippen molar-refractivity contribution in [3.8, 4) is 16.9 Å². The molecule has 0 heterocycles. The Bertz CT molecular complexity index is 1100. The van der Waals surface area contributed by atoms with E-state index in [1.54, 1.807) is 30.3 Å². The maximum absolute atomic E-state index is 12.7. The van der Waals surface area contributed by atoms with Crippen LogP contribution >= 0.6 is 12.2 Å². The third-order valence-corrected chi connectivity index (χ3v) is 5.36. The van der Waals surface area contributed by atoms with Crippen LogP contribution in [-0.2, 0) is 0 Å². The van der Waals surface area contributed by atoms with Crippen LogP contribution in [0, 0.1) is 0 Å². The molecule has 0 unspecified atom stereocenters. The summed E-state index contributed by atoms with van der Waals surface area (Å²) in [6.07, 6.45) is 4.34. The molecular weight excluding hydrogens is 446 g/mol. The number of ether oxygens (including phenoxy) is 1. The summed E-state index contributed by atoms with van der Waals surface area (Å²) in [6, 6.07) is 24.1. The van der Waals surface area contributed by atoms with Gasteiger partial charge < -0.3 is 4.74 Å². The lowest BCUT2D eigenvalue weighted by Gasteiger charge is -2.13. The number of nitrogens with one attached hydrogen (secondary N) is 3. The zero-order valence-corrected chi connectivity index (χ0v) is 20.0. The smallest absolute Gasteiger partial charge is 0.269 e. The maximum Gasteiger partial charge on any atom is 0.269 e. The number of unbranched alkanes of at least 4 members (excludes halogenated alkanes) is 3. The first-order valence-corrected chi connectivity index (χ1v) is 11.8. The molecule has 0 saturated carbocycles. The van der Waals surface area contributed by atoms with Crippen molar-refractivity contribution in [3.05, 3.63) is 90.0 Å². The van der Waals surface area contributed by atoms with Gasteiger partial charge in [0.05, 0.1) is 12.2 Å². The van der Waals surface area contributed by atoms with Crippen molar-refractivity contribution in [2.75, 3.05) is 6.61 Å². The second-order valence-electron chi connectivity index (χ2n) is 7.71. The summed E-state index contributed by atoms with van der Waals surface area (Å²) in [5, 5.41) is 2.55. The molecule has 2 amide bonds. The maximum atomic E-state index is 12.7. The summed E-state index contributed by atoms with van der Waals surface area (Å²) in [7, 11) is 0. The first-order chi connectivity index (χ1) is 16.6. The number of hydrazine groups is 1. The molecule has 0 aliphatic rings. The molecule has 0 aromatic heterocycles. The second kappa shape index (κ2) is 13.1. The lowest BCUT2D eigenvalue weighted by Crippen LogP contribution is -2.48. The minimum atomic E-state index is -0.414. The van der Waals surface area contributed by atoms with Crippen LogP contribution in [0.15, 0.2) is 78.9 Å². The number of hydrogen-bond donors (Lipinski definition) is 3. The molecule has 0 atom stereocenters. The Kier molecular flexibility index (Phi) is 9.61. The number of para-hydroxylation sites is 1. The molecule has 6 nitrogen and oxygen atoms in total. The lowest BCUT2D eigenvalue weighted by molar-refractivity contribution is 0.0933. The van der Waals surface area contributed by atoms with Gasteiger partial charge in [-0.2, -0.15) is 0 Å². The fourth-order valence-corrected chi connectivity index (χ4v) is 3.47. The highest BCUT2D eigenvalue weighted by Gasteiger charge is 2.14. The molecule has 0 radical (unpaired) electrons. The minimum Gasteiger partial charge on any atom is -0.493 e. The van der Waals surface area contributed by atoms with Crippen molar-refractivity contribution in [3.63, 3.8) is 0 Å². The quantitative estimate of drug-likeness (QED) is 0.223. The van der Waals surface area contributed by atoms with E-state index < -0.39 is 5.91 Å². The second-order valence-corrected chi connectivity index (χ2v) is 8.12. The van der Waals surface area contributed by atoms with Crippen LogP contribution in [0.25, 0.3) is 11.1 Å². The van der Waals surface area contributed by atoms with Gasteiger partial charge in [-0.15, -0.1) is 0 Å². The van der Waals surface area contributed by atoms with E-state index in [4.69, 9.17) is 17.0 Å². The first-order valence-electron chi connectivity index (χ1n) is 11.4. The Morgan fingerprint density at radius 3 is 2.18 bits per heavy atom. The van der Waals surface area contributed by atoms with Crippen molar-refractivity contribution >= 4 is 29.1 Å². The standard InChI is InChI=1S/C27H29N3O3S/c1-2-3-4-10-19-33-24-14-9-8-13-23(24)26(32)28-27(34)30-29-25(31)22-17-15-21(16-18-22)20-11-6-5-7-12-20/h5-9,11-18H,2-4,10,19H2,1H3,(H,29,31)(H2,28,30,32,34). The predicted octanol–water partition coefficient (Wildman–Crippen LogP) is 5.26. The summed E-state index contributed by atoms with van der Waals surface area (Å²) in [4.78, 5) is 25.1. The van der Waals surface area contributed by atoms with E-state index in [9.17, 15) is 9.59 Å². The molecule has 3 N–H and O–H groups in total. The van der Waals surface area contributed by atoms with Gasteiger partial charge in [-0.3, -0.25) is 25.8 Å². The van der Waals surface area contributed by atoms with Crippen molar-refractivity contribution < 1.29 is 14.3 Å². The number of rotatable bonds is 9. The molecule has 0 aliphatic carbocycles. The fraction of sp³-hybridized carbons (Fsp3) is 0.222. The van der Waals surface area contributed by atoms with Gasteiger partial charge in [0.15, 0.2) is 5.11 Å². The molecule has 176 valence electrons. The topological polar surface area (TPSA) is 79.5 Å². The zero-order chi connectivity index (χ0) is 24.2. The molecule has 34 heavy (non-hydrogen) atoms. The largest absolute Gasteiger partial charge is 0.493 e. The number of carbonyl (C=O) groups excluding carboxylic acids is 2. The predicted molar refractivity (Wildman–Crippen MR) is 139 cm³/mol. The molecule has 3 rings (SSSR count). The molecule has 3 aromatic rings. The van der Waals surface area contributed by atoms with E-state index in [0.29, 0.717) is 23.5 Å². The van der Waals surface area contributed by atoms with Crippen LogP contribution in [0.2, 0.25) is 0 Å². The summed E-state index contributed by atoms with van der Waals surface area (Å²) in [6.45, 7) is 2.70. The van der Waals surface area contributed by atoms with E-state index in [2.05, 4.69) is 23.1 Å². The Hall–Kier alpha value is -3.71. The molecule has 0 spiro atoms. The summed E-state index contributed by atoms with van der Waals surface area (Å²) < 4.78 is 5.79. The molecule has 0 fully saturated rings. The van der Waals surface area contributed by atoms with E-state index >= 15 is 0 Å². The highest BCUT2D eigenvalue weighted by Crippen LogP contribution is 2.20. The van der Waals surface area contributed by atoms with Crippen LogP contribution in [0.1, 0.15) is 53.3 Å². The number of benzene rings is 3. The van der Waals surface area contributed by atoms with Gasteiger partial charge in [-0.1, -0.05) is 80.8 Å². The number of thiocarbonyl (C=S) groups is 1. The average molecular weight is 476 g/mol. The van der Waals surface area contributed by atoms with Crippen molar-refractivity contribution in [2.24, 2.45) is 0 Å². The third-order valence-electron chi connectivity index (χ3n) is 5.16. The van der Waals surface area contributed by atoms with E-state index in [-0.39, 0.29) is 11.0 Å². The van der Waals surface area contributed by atoms with Crippen LogP contribution in [-0.4, -0.2) is 23.5 Å². The third kappa shape index (κ3) is 7.42. The van der Waals surface area contributed by atoms with Crippen molar-refractivity contribution in [1.29, 1.82) is 0 Å². The number of hydrogen-bond acceptors (Lipinski definition) is 4. The fourth-order valence-electron chi connectivity index (χ4n) is 3.32. The number of amides is 2. The monoisotopic (exact) mass is 475 g/mol. The molecular formula is C27H29N3O3S. The van der Waals surface area contributed by atoms with E-state index in [1.807, 2.05) is 48.5 Å². The molecule has 7 heteroatoms. The lowest BCUT2D eigenvalue weighted by atomic mass is 10.0. The normalized spacial score (nSPS) is 10.3. The van der Waals surface area contributed by atoms with Crippen LogP contribution < -0.4 is 20.9 Å². The summed E-state index contributed by atoms with van der Waals surface area (Å²) in [5.74, 6) is -0.281. The Morgan fingerprint density at radius 1 is 0.765 bits per heavy atom. The van der Waals surface area contributed by atoms with Gasteiger partial charge in [0.25, 0.3) is 11.8 Å². The van der Waals surface area contributed by atoms with Crippen molar-refractivity contribution in [2.45, 2.75) is 32.6 Å². The number of carbonyl (C=O) groups is 2. The van der Waals surface area contributed by atoms with Gasteiger partial charge >= 0.3 is 0 Å². The highest BCUT2D eigenvalue weighted by molar-refractivity contribution is 7.80. The van der Waals surface area contributed by atoms with Gasteiger partial charge in [-0.05, 0) is 54.0 Å². The Morgan fingerprint density at radius 2 is 1.44 bits per heavy atom. The highest BCUT2D eigenvalue weighted by atomic mass is 32.1. The molecule has 3 aromatic carbocycles. The Balaban J connectivity index is 1.49. The van der Waals surface area contributed by atoms with E-state index in [1.165, 1.54) is 0 Å². The van der Waals surface area contributed by atoms with Gasteiger partial charge in [-0.25, -0.2) is 0 Å². The van der Waals surface area contributed by atoms with Crippen LogP contribution in [0.4, 0.5) is 0 Å². The Labute approximate surface area is 205 Å². The van der Waals surface area contributed by atoms with Crippen molar-refractivity contribution in [1.82, 2.24) is 16.2 Å². The summed E-state index contributed by atoms with van der Waals surface area (Å²) >= 11 is 5.16. The van der Waals surface area contributed by atoms with E-state index in [0.717, 1.165) is 36.8 Å². The van der Waals surface area contributed by atoms with Crippen LogP contribution in [0.5, 0.6) is 5.75 Å². The van der Waals surface area contributed by atoms with Gasteiger partial charge in [0, 0.05) is 5.56 Å².